The molecule has 0 saturated carbocycles. The Morgan fingerprint density at radius 3 is 2.39 bits per heavy atom. The molecule has 2 N–H and O–H groups in total. The Bertz CT molecular complexity index is 527. The fourth-order valence-corrected chi connectivity index (χ4v) is 3.45. The highest BCUT2D eigenvalue weighted by molar-refractivity contribution is 7.99. The van der Waals surface area contributed by atoms with Gasteiger partial charge in [-0.3, -0.25) is 9.20 Å². The molecule has 0 amide bonds. The SMILES string of the molecule is CN=C(NCCSc1ccc(Cl)cc1)NCCS(=O)C(C)(C)C. The van der Waals surface area contributed by atoms with Crippen LogP contribution in [-0.4, -0.2) is 46.6 Å². The zero-order chi connectivity index (χ0) is 17.3. The summed E-state index contributed by atoms with van der Waals surface area (Å²) in [7, 11) is 0.888. The smallest absolute Gasteiger partial charge is 0.191 e. The molecule has 0 fully saturated rings. The van der Waals surface area contributed by atoms with Gasteiger partial charge in [-0.25, -0.2) is 0 Å². The van der Waals surface area contributed by atoms with Gasteiger partial charge in [-0.05, 0) is 45.0 Å². The monoisotopic (exact) mass is 375 g/mol. The maximum Gasteiger partial charge on any atom is 0.191 e. The van der Waals surface area contributed by atoms with E-state index in [1.54, 1.807) is 18.8 Å². The number of hydrogen-bond acceptors (Lipinski definition) is 3. The fraction of sp³-hybridized carbons (Fsp3) is 0.562. The van der Waals surface area contributed by atoms with E-state index >= 15 is 0 Å². The van der Waals surface area contributed by atoms with Gasteiger partial charge in [0.2, 0.25) is 0 Å². The molecule has 0 aliphatic heterocycles. The second kappa shape index (κ2) is 10.2. The van der Waals surface area contributed by atoms with Gasteiger partial charge in [0, 0.05) is 57.1 Å². The van der Waals surface area contributed by atoms with Crippen molar-refractivity contribution in [2.45, 2.75) is 30.4 Å². The highest BCUT2D eigenvalue weighted by atomic mass is 35.5. The molecular formula is C16H26ClN3OS2. The summed E-state index contributed by atoms with van der Waals surface area (Å²) >= 11 is 7.63. The Kier molecular flexibility index (Phi) is 9.02. The first-order valence-electron chi connectivity index (χ1n) is 7.54. The zero-order valence-corrected chi connectivity index (χ0v) is 16.6. The summed E-state index contributed by atoms with van der Waals surface area (Å²) in [6.07, 6.45) is 0. The van der Waals surface area contributed by atoms with Crippen molar-refractivity contribution in [1.82, 2.24) is 10.6 Å². The highest BCUT2D eigenvalue weighted by Gasteiger charge is 2.18. The Morgan fingerprint density at radius 1 is 1.22 bits per heavy atom. The summed E-state index contributed by atoms with van der Waals surface area (Å²) in [4.78, 5) is 5.37. The second-order valence-electron chi connectivity index (χ2n) is 5.89. The number of rotatable bonds is 7. The van der Waals surface area contributed by atoms with Crippen molar-refractivity contribution in [2.75, 3.05) is 31.6 Å². The van der Waals surface area contributed by atoms with Crippen LogP contribution >= 0.6 is 23.4 Å². The predicted molar refractivity (Wildman–Crippen MR) is 104 cm³/mol. The van der Waals surface area contributed by atoms with E-state index in [4.69, 9.17) is 11.6 Å². The Morgan fingerprint density at radius 2 is 1.83 bits per heavy atom. The van der Waals surface area contributed by atoms with Crippen LogP contribution in [0.5, 0.6) is 0 Å². The van der Waals surface area contributed by atoms with Crippen LogP contribution in [0.4, 0.5) is 0 Å². The molecule has 0 heterocycles. The quantitative estimate of drug-likeness (QED) is 0.332. The van der Waals surface area contributed by atoms with Crippen LogP contribution < -0.4 is 10.6 Å². The topological polar surface area (TPSA) is 53.5 Å². The largest absolute Gasteiger partial charge is 0.356 e. The van der Waals surface area contributed by atoms with E-state index in [0.717, 1.165) is 23.3 Å². The number of nitrogens with zero attached hydrogens (tertiary/aromatic N) is 1. The molecule has 1 rings (SSSR count). The molecule has 1 atom stereocenters. The van der Waals surface area contributed by atoms with Gasteiger partial charge >= 0.3 is 0 Å². The van der Waals surface area contributed by atoms with Gasteiger partial charge in [-0.2, -0.15) is 0 Å². The van der Waals surface area contributed by atoms with Crippen LogP contribution in [0.25, 0.3) is 0 Å². The molecule has 0 aromatic heterocycles. The van der Waals surface area contributed by atoms with E-state index in [0.29, 0.717) is 12.3 Å². The number of hydrogen-bond donors (Lipinski definition) is 2. The van der Waals surface area contributed by atoms with Crippen molar-refractivity contribution < 1.29 is 4.21 Å². The lowest BCUT2D eigenvalue weighted by atomic mass is 10.3. The van der Waals surface area contributed by atoms with E-state index in [2.05, 4.69) is 15.6 Å². The lowest BCUT2D eigenvalue weighted by molar-refractivity contribution is 0.647. The molecule has 1 aromatic rings. The maximum atomic E-state index is 12.0. The predicted octanol–water partition coefficient (Wildman–Crippen LogP) is 3.14. The average molecular weight is 376 g/mol. The van der Waals surface area contributed by atoms with E-state index in [9.17, 15) is 4.21 Å². The molecule has 1 aromatic carbocycles. The number of nitrogens with one attached hydrogen (secondary N) is 2. The Balaban J connectivity index is 2.21. The first-order chi connectivity index (χ1) is 10.8. The van der Waals surface area contributed by atoms with E-state index in [-0.39, 0.29) is 4.75 Å². The summed E-state index contributed by atoms with van der Waals surface area (Å²) in [5.41, 5.74) is 0. The molecule has 23 heavy (non-hydrogen) atoms. The fourth-order valence-electron chi connectivity index (χ4n) is 1.66. The summed E-state index contributed by atoms with van der Waals surface area (Å²) in [5, 5.41) is 7.21. The van der Waals surface area contributed by atoms with Crippen LogP contribution in [0.15, 0.2) is 34.2 Å². The molecule has 7 heteroatoms. The molecule has 130 valence electrons. The van der Waals surface area contributed by atoms with Gasteiger partial charge in [0.15, 0.2) is 5.96 Å². The van der Waals surface area contributed by atoms with Gasteiger partial charge < -0.3 is 10.6 Å². The summed E-state index contributed by atoms with van der Waals surface area (Å²) in [6.45, 7) is 7.42. The minimum absolute atomic E-state index is 0.173. The average Bonchev–Trinajstić information content (AvgIpc) is 2.50. The summed E-state index contributed by atoms with van der Waals surface area (Å²) in [5.74, 6) is 2.28. The third kappa shape index (κ3) is 8.63. The molecule has 0 saturated heterocycles. The van der Waals surface area contributed by atoms with Crippen molar-refractivity contribution in [2.24, 2.45) is 4.99 Å². The first kappa shape index (κ1) is 20.3. The van der Waals surface area contributed by atoms with E-state index < -0.39 is 10.8 Å². The molecule has 1 unspecified atom stereocenters. The molecule has 0 aliphatic carbocycles. The molecular weight excluding hydrogens is 350 g/mol. The zero-order valence-electron chi connectivity index (χ0n) is 14.2. The highest BCUT2D eigenvalue weighted by Crippen LogP contribution is 2.19. The molecule has 0 spiro atoms. The third-order valence-electron chi connectivity index (χ3n) is 2.96. The van der Waals surface area contributed by atoms with Gasteiger partial charge in [0.1, 0.15) is 0 Å². The van der Waals surface area contributed by atoms with Crippen molar-refractivity contribution in [3.63, 3.8) is 0 Å². The van der Waals surface area contributed by atoms with E-state index in [1.807, 2.05) is 45.0 Å². The van der Waals surface area contributed by atoms with Crippen LogP contribution in [0.1, 0.15) is 20.8 Å². The van der Waals surface area contributed by atoms with Gasteiger partial charge in [0.05, 0.1) is 0 Å². The minimum Gasteiger partial charge on any atom is -0.356 e. The van der Waals surface area contributed by atoms with Gasteiger partial charge in [0.25, 0.3) is 0 Å². The summed E-state index contributed by atoms with van der Waals surface area (Å²) < 4.78 is 11.8. The minimum atomic E-state index is -0.850. The normalized spacial score (nSPS) is 13.7. The molecule has 0 aliphatic rings. The van der Waals surface area contributed by atoms with Crippen LogP contribution in [0.3, 0.4) is 0 Å². The Labute approximate surface area is 151 Å². The second-order valence-corrected chi connectivity index (χ2v) is 9.82. The molecule has 0 bridgehead atoms. The molecule has 0 radical (unpaired) electrons. The standard InChI is InChI=1S/C16H26ClN3OS2/c1-16(2,3)23(21)12-10-20-15(18-4)19-9-11-22-14-7-5-13(17)6-8-14/h5-8H,9-12H2,1-4H3,(H2,18,19,20). The summed E-state index contributed by atoms with van der Waals surface area (Å²) in [6, 6.07) is 7.82. The number of benzene rings is 1. The van der Waals surface area contributed by atoms with Gasteiger partial charge in [-0.1, -0.05) is 11.6 Å². The van der Waals surface area contributed by atoms with Crippen LogP contribution in [0, 0.1) is 0 Å². The van der Waals surface area contributed by atoms with E-state index in [1.165, 1.54) is 4.90 Å². The number of halogens is 1. The lowest BCUT2D eigenvalue weighted by Crippen LogP contribution is -2.41. The lowest BCUT2D eigenvalue weighted by Gasteiger charge is -2.18. The Hall–Kier alpha value is -0.720. The van der Waals surface area contributed by atoms with Crippen molar-refractivity contribution in [1.29, 1.82) is 0 Å². The number of aliphatic imine (C=N–C) groups is 1. The van der Waals surface area contributed by atoms with Crippen molar-refractivity contribution in [3.05, 3.63) is 29.3 Å². The number of guanidine groups is 1. The number of thioether (sulfide) groups is 1. The van der Waals surface area contributed by atoms with Crippen LogP contribution in [0.2, 0.25) is 5.02 Å². The third-order valence-corrected chi connectivity index (χ3v) is 6.17. The van der Waals surface area contributed by atoms with Crippen molar-refractivity contribution >= 4 is 40.1 Å². The van der Waals surface area contributed by atoms with Crippen molar-refractivity contribution in [3.8, 4) is 0 Å². The first-order valence-corrected chi connectivity index (χ1v) is 10.2. The van der Waals surface area contributed by atoms with Gasteiger partial charge in [-0.15, -0.1) is 11.8 Å². The maximum absolute atomic E-state index is 12.0. The molecule has 4 nitrogen and oxygen atoms in total. The van der Waals surface area contributed by atoms with Crippen LogP contribution in [-0.2, 0) is 10.8 Å².